The summed E-state index contributed by atoms with van der Waals surface area (Å²) in [6.45, 7) is -1.14. The van der Waals surface area contributed by atoms with Crippen LogP contribution in [0, 0.1) is 0 Å². The van der Waals surface area contributed by atoms with Crippen LogP contribution in [0.15, 0.2) is 24.3 Å². The molecule has 1 aromatic rings. The first kappa shape index (κ1) is 16.6. The third-order valence-corrected chi connectivity index (χ3v) is 3.36. The fourth-order valence-corrected chi connectivity index (χ4v) is 2.35. The summed E-state index contributed by atoms with van der Waals surface area (Å²) >= 11 is 11.9. The standard InChI is InChI=1S/C13H15Cl2F3O/c14-8-10(11-5-1-2-6-12(11)15)4-3-7-19-9-13(16,17)18/h1-2,5-6,10H,3-4,7-9H2. The van der Waals surface area contributed by atoms with Gasteiger partial charge in [-0.15, -0.1) is 11.6 Å². The van der Waals surface area contributed by atoms with Crippen molar-refractivity contribution in [2.24, 2.45) is 0 Å². The minimum atomic E-state index is -4.27. The molecule has 0 fully saturated rings. The third kappa shape index (κ3) is 6.50. The Balaban J connectivity index is 2.36. The van der Waals surface area contributed by atoms with E-state index in [1.54, 1.807) is 6.07 Å². The van der Waals surface area contributed by atoms with E-state index in [0.717, 1.165) is 5.56 Å². The molecule has 19 heavy (non-hydrogen) atoms. The molecule has 0 spiro atoms. The van der Waals surface area contributed by atoms with E-state index < -0.39 is 12.8 Å². The van der Waals surface area contributed by atoms with Crippen molar-refractivity contribution in [2.75, 3.05) is 19.1 Å². The van der Waals surface area contributed by atoms with Gasteiger partial charge in [-0.3, -0.25) is 0 Å². The van der Waals surface area contributed by atoms with E-state index in [4.69, 9.17) is 23.2 Å². The number of ether oxygens (including phenoxy) is 1. The number of hydrogen-bond acceptors (Lipinski definition) is 1. The lowest BCUT2D eigenvalue weighted by atomic mass is 9.96. The highest BCUT2D eigenvalue weighted by molar-refractivity contribution is 6.31. The maximum Gasteiger partial charge on any atom is 0.411 e. The lowest BCUT2D eigenvalue weighted by Gasteiger charge is -2.16. The number of hydrogen-bond donors (Lipinski definition) is 0. The zero-order valence-electron chi connectivity index (χ0n) is 10.2. The molecule has 108 valence electrons. The Bertz CT molecular complexity index is 382. The van der Waals surface area contributed by atoms with E-state index in [-0.39, 0.29) is 12.5 Å². The lowest BCUT2D eigenvalue weighted by Crippen LogP contribution is -2.17. The van der Waals surface area contributed by atoms with Crippen LogP contribution in [-0.2, 0) is 4.74 Å². The summed E-state index contributed by atoms with van der Waals surface area (Å²) in [7, 11) is 0. The molecule has 0 radical (unpaired) electrons. The Morgan fingerprint density at radius 1 is 1.21 bits per heavy atom. The first-order valence-electron chi connectivity index (χ1n) is 5.89. The molecular formula is C13H15Cl2F3O. The molecule has 0 amide bonds. The van der Waals surface area contributed by atoms with Crippen LogP contribution in [0.1, 0.15) is 24.3 Å². The molecule has 1 rings (SSSR count). The Hall–Kier alpha value is -0.450. The number of rotatable bonds is 7. The summed E-state index contributed by atoms with van der Waals surface area (Å²) in [6.07, 6.45) is -3.11. The normalized spacial score (nSPS) is 13.5. The van der Waals surface area contributed by atoms with E-state index in [1.165, 1.54) is 0 Å². The van der Waals surface area contributed by atoms with E-state index in [1.807, 2.05) is 18.2 Å². The summed E-state index contributed by atoms with van der Waals surface area (Å²) in [5, 5.41) is 0.629. The average molecular weight is 315 g/mol. The van der Waals surface area contributed by atoms with Gasteiger partial charge in [0.2, 0.25) is 0 Å². The summed E-state index contributed by atoms with van der Waals surface area (Å²) in [5.74, 6) is 0.410. The summed E-state index contributed by atoms with van der Waals surface area (Å²) in [4.78, 5) is 0. The molecule has 1 nitrogen and oxygen atoms in total. The maximum absolute atomic E-state index is 11.9. The average Bonchev–Trinajstić information content (AvgIpc) is 2.34. The Labute approximate surface area is 120 Å². The number of benzene rings is 1. The third-order valence-electron chi connectivity index (χ3n) is 2.64. The van der Waals surface area contributed by atoms with Gasteiger partial charge >= 0.3 is 6.18 Å². The molecule has 6 heteroatoms. The second-order valence-electron chi connectivity index (χ2n) is 4.18. The van der Waals surface area contributed by atoms with Crippen molar-refractivity contribution in [3.63, 3.8) is 0 Å². The minimum absolute atomic E-state index is 0.0323. The predicted molar refractivity (Wildman–Crippen MR) is 71.0 cm³/mol. The summed E-state index contributed by atoms with van der Waals surface area (Å²) < 4.78 is 40.1. The molecule has 1 unspecified atom stereocenters. The molecule has 0 saturated heterocycles. The van der Waals surface area contributed by atoms with Gasteiger partial charge in [-0.05, 0) is 30.4 Å². The van der Waals surface area contributed by atoms with Gasteiger partial charge in [0, 0.05) is 17.5 Å². The van der Waals surface area contributed by atoms with Crippen LogP contribution >= 0.6 is 23.2 Å². The summed E-state index contributed by atoms with van der Waals surface area (Å²) in [5.41, 5.74) is 0.926. The van der Waals surface area contributed by atoms with Crippen molar-refractivity contribution in [3.05, 3.63) is 34.9 Å². The number of halogens is 5. The molecule has 0 aliphatic rings. The van der Waals surface area contributed by atoms with Gasteiger partial charge in [0.05, 0.1) is 0 Å². The second kappa shape index (κ2) is 7.98. The van der Waals surface area contributed by atoms with Crippen molar-refractivity contribution in [2.45, 2.75) is 24.9 Å². The van der Waals surface area contributed by atoms with Gasteiger partial charge in [0.1, 0.15) is 6.61 Å². The molecule has 0 N–H and O–H groups in total. The molecule has 1 aromatic carbocycles. The lowest BCUT2D eigenvalue weighted by molar-refractivity contribution is -0.174. The van der Waals surface area contributed by atoms with Crippen LogP contribution in [0.2, 0.25) is 5.02 Å². The number of alkyl halides is 4. The highest BCUT2D eigenvalue weighted by Gasteiger charge is 2.27. The van der Waals surface area contributed by atoms with Gasteiger partial charge in [0.25, 0.3) is 0 Å². The fourth-order valence-electron chi connectivity index (χ4n) is 1.74. The molecule has 0 bridgehead atoms. The topological polar surface area (TPSA) is 9.23 Å². The molecule has 0 aliphatic heterocycles. The van der Waals surface area contributed by atoms with Crippen molar-refractivity contribution in [3.8, 4) is 0 Å². The Morgan fingerprint density at radius 3 is 2.47 bits per heavy atom. The van der Waals surface area contributed by atoms with Gasteiger partial charge in [0.15, 0.2) is 0 Å². The van der Waals surface area contributed by atoms with E-state index in [9.17, 15) is 13.2 Å². The predicted octanol–water partition coefficient (Wildman–Crippen LogP) is 5.02. The molecular weight excluding hydrogens is 300 g/mol. The fraction of sp³-hybridized carbons (Fsp3) is 0.538. The van der Waals surface area contributed by atoms with Crippen LogP contribution in [0.3, 0.4) is 0 Å². The zero-order chi connectivity index (χ0) is 14.3. The van der Waals surface area contributed by atoms with Crippen molar-refractivity contribution < 1.29 is 17.9 Å². The monoisotopic (exact) mass is 314 g/mol. The van der Waals surface area contributed by atoms with Crippen LogP contribution in [0.25, 0.3) is 0 Å². The van der Waals surface area contributed by atoms with Crippen LogP contribution < -0.4 is 0 Å². The largest absolute Gasteiger partial charge is 0.411 e. The molecule has 0 saturated carbocycles. The maximum atomic E-state index is 11.9. The van der Waals surface area contributed by atoms with Gasteiger partial charge in [-0.1, -0.05) is 29.8 Å². The van der Waals surface area contributed by atoms with Gasteiger partial charge in [-0.2, -0.15) is 13.2 Å². The van der Waals surface area contributed by atoms with E-state index >= 15 is 0 Å². The van der Waals surface area contributed by atoms with E-state index in [0.29, 0.717) is 23.7 Å². The molecule has 0 heterocycles. The van der Waals surface area contributed by atoms with Gasteiger partial charge in [-0.25, -0.2) is 0 Å². The summed E-state index contributed by atoms with van der Waals surface area (Å²) in [6, 6.07) is 7.34. The molecule has 0 aliphatic carbocycles. The van der Waals surface area contributed by atoms with Crippen LogP contribution in [-0.4, -0.2) is 25.3 Å². The smallest absolute Gasteiger partial charge is 0.372 e. The van der Waals surface area contributed by atoms with Crippen LogP contribution in [0.4, 0.5) is 13.2 Å². The van der Waals surface area contributed by atoms with Gasteiger partial charge < -0.3 is 4.74 Å². The molecule has 1 atom stereocenters. The Kier molecular flexibility index (Phi) is 6.97. The first-order chi connectivity index (χ1) is 8.94. The quantitative estimate of drug-likeness (QED) is 0.507. The van der Waals surface area contributed by atoms with Crippen LogP contribution in [0.5, 0.6) is 0 Å². The van der Waals surface area contributed by atoms with Crippen molar-refractivity contribution in [1.82, 2.24) is 0 Å². The first-order valence-corrected chi connectivity index (χ1v) is 6.80. The zero-order valence-corrected chi connectivity index (χ0v) is 11.7. The highest BCUT2D eigenvalue weighted by Crippen LogP contribution is 2.29. The SMILES string of the molecule is FC(F)(F)COCCCC(CCl)c1ccccc1Cl. The molecule has 0 aromatic heterocycles. The Morgan fingerprint density at radius 2 is 1.89 bits per heavy atom. The second-order valence-corrected chi connectivity index (χ2v) is 4.90. The van der Waals surface area contributed by atoms with Crippen molar-refractivity contribution in [1.29, 1.82) is 0 Å². The minimum Gasteiger partial charge on any atom is -0.372 e. The van der Waals surface area contributed by atoms with E-state index in [2.05, 4.69) is 4.74 Å². The van der Waals surface area contributed by atoms with Crippen molar-refractivity contribution >= 4 is 23.2 Å². The highest BCUT2D eigenvalue weighted by atomic mass is 35.5.